The number of benzene rings is 1. The van der Waals surface area contributed by atoms with Gasteiger partial charge in [0.25, 0.3) is 0 Å². The zero-order chi connectivity index (χ0) is 17.0. The molecule has 1 aromatic rings. The van der Waals surface area contributed by atoms with Crippen LogP contribution in [0.15, 0.2) is 55.9 Å². The summed E-state index contributed by atoms with van der Waals surface area (Å²) in [4.78, 5) is 12.1. The first kappa shape index (κ1) is 17.2. The van der Waals surface area contributed by atoms with Crippen molar-refractivity contribution in [3.63, 3.8) is 0 Å². The van der Waals surface area contributed by atoms with Gasteiger partial charge in [0.15, 0.2) is 0 Å². The van der Waals surface area contributed by atoms with E-state index in [1.54, 1.807) is 0 Å². The van der Waals surface area contributed by atoms with Crippen LogP contribution < -0.4 is 11.1 Å². The minimum atomic E-state index is -1.36. The van der Waals surface area contributed by atoms with Crippen molar-refractivity contribution in [1.82, 2.24) is 10.2 Å². The molecule has 0 aliphatic carbocycles. The number of nitrogens with zero attached hydrogens (tertiary/aromatic N) is 3. The van der Waals surface area contributed by atoms with Gasteiger partial charge in [0.1, 0.15) is 17.5 Å². The van der Waals surface area contributed by atoms with Crippen molar-refractivity contribution >= 4 is 22.5 Å². The summed E-state index contributed by atoms with van der Waals surface area (Å²) in [6, 6.07) is 9.14. The predicted octanol–water partition coefficient (Wildman–Crippen LogP) is 1.29. The van der Waals surface area contributed by atoms with E-state index in [1.165, 1.54) is 0 Å². The fraction of sp³-hybridized carbons (Fsp3) is 0.375. The highest BCUT2D eigenvalue weighted by atomic mass is 32.2. The van der Waals surface area contributed by atoms with Crippen molar-refractivity contribution in [3.05, 3.63) is 41.1 Å². The zero-order valence-electron chi connectivity index (χ0n) is 13.9. The van der Waals surface area contributed by atoms with Crippen LogP contribution in [0.25, 0.3) is 0 Å². The Bertz CT molecular complexity index is 679. The highest BCUT2D eigenvalue weighted by Gasteiger charge is 2.20. The molecule has 0 bridgehead atoms. The monoisotopic (exact) mass is 333 g/mol. The van der Waals surface area contributed by atoms with Gasteiger partial charge in [0, 0.05) is 19.0 Å². The number of aliphatic imine (C=N–C) groups is 2. The van der Waals surface area contributed by atoms with Crippen molar-refractivity contribution in [2.75, 3.05) is 20.6 Å². The first-order valence-corrected chi connectivity index (χ1v) is 8.54. The van der Waals surface area contributed by atoms with E-state index in [1.807, 2.05) is 63.2 Å². The molecule has 124 valence electrons. The largest absolute Gasteiger partial charge is 0.385 e. The van der Waals surface area contributed by atoms with Crippen LogP contribution in [0.4, 0.5) is 0 Å². The lowest BCUT2D eigenvalue weighted by Gasteiger charge is -2.23. The fourth-order valence-corrected chi connectivity index (χ4v) is 3.41. The molecule has 0 radical (unpaired) electrons. The average Bonchev–Trinajstić information content (AvgIpc) is 2.57. The van der Waals surface area contributed by atoms with E-state index >= 15 is 0 Å². The Morgan fingerprint density at radius 1 is 1.30 bits per heavy atom. The minimum Gasteiger partial charge on any atom is -0.385 e. The van der Waals surface area contributed by atoms with E-state index in [2.05, 4.69) is 15.3 Å². The van der Waals surface area contributed by atoms with Crippen LogP contribution in [0.3, 0.4) is 0 Å². The van der Waals surface area contributed by atoms with Gasteiger partial charge < -0.3 is 16.0 Å². The SMILES string of the molecule is CC1=NC/C(S(=O)c2ccccc2)=C(/N)NC(C)C(N(C)C)=N1. The first-order valence-electron chi connectivity index (χ1n) is 7.39. The van der Waals surface area contributed by atoms with Gasteiger partial charge in [-0.1, -0.05) is 18.2 Å². The Hall–Kier alpha value is -2.15. The molecule has 1 aliphatic rings. The second kappa shape index (κ2) is 7.41. The summed E-state index contributed by atoms with van der Waals surface area (Å²) in [6.45, 7) is 4.05. The maximum absolute atomic E-state index is 12.8. The Morgan fingerprint density at radius 3 is 2.57 bits per heavy atom. The van der Waals surface area contributed by atoms with E-state index in [9.17, 15) is 4.21 Å². The van der Waals surface area contributed by atoms with Crippen LogP contribution in [0.1, 0.15) is 13.8 Å². The number of nitrogens with two attached hydrogens (primary N) is 1. The number of rotatable bonds is 2. The molecule has 23 heavy (non-hydrogen) atoms. The van der Waals surface area contributed by atoms with Crippen LogP contribution in [-0.4, -0.2) is 47.5 Å². The van der Waals surface area contributed by atoms with Crippen molar-refractivity contribution in [2.24, 2.45) is 15.7 Å². The standard InChI is InChI=1S/C16H23N5OS/c1-11-16(21(3)4)20-12(2)18-10-14(15(17)19-11)23(22)13-8-6-5-7-9-13/h5-9,11,19H,10,17H2,1-4H3/b15-14+,18-12?,20-16?. The van der Waals surface area contributed by atoms with Crippen LogP contribution >= 0.6 is 0 Å². The number of amidine groups is 2. The smallest absolute Gasteiger partial charge is 0.128 e. The molecule has 0 fully saturated rings. The Kier molecular flexibility index (Phi) is 5.54. The van der Waals surface area contributed by atoms with Gasteiger partial charge in [-0.25, -0.2) is 9.20 Å². The van der Waals surface area contributed by atoms with Gasteiger partial charge >= 0.3 is 0 Å². The first-order chi connectivity index (χ1) is 10.9. The molecular formula is C16H23N5OS. The van der Waals surface area contributed by atoms with Crippen molar-refractivity contribution in [3.8, 4) is 0 Å². The maximum Gasteiger partial charge on any atom is 0.128 e. The summed E-state index contributed by atoms with van der Waals surface area (Å²) in [6.07, 6.45) is 0. The number of hydrogen-bond acceptors (Lipinski definition) is 6. The molecule has 0 saturated carbocycles. The molecule has 7 heteroatoms. The molecule has 1 aliphatic heterocycles. The topological polar surface area (TPSA) is 83.1 Å². The van der Waals surface area contributed by atoms with Crippen molar-refractivity contribution in [1.29, 1.82) is 0 Å². The lowest BCUT2D eigenvalue weighted by molar-refractivity contribution is 0.569. The van der Waals surface area contributed by atoms with Crippen LogP contribution in [0.5, 0.6) is 0 Å². The molecule has 0 aromatic heterocycles. The molecule has 0 amide bonds. The molecule has 1 aromatic carbocycles. The normalized spacial score (nSPS) is 23.6. The molecule has 1 heterocycles. The lowest BCUT2D eigenvalue weighted by atomic mass is 10.3. The van der Waals surface area contributed by atoms with E-state index in [-0.39, 0.29) is 12.6 Å². The molecule has 0 spiro atoms. The number of likely N-dealkylation sites (N-methyl/N-ethyl adjacent to an activating group) is 1. The molecule has 3 N–H and O–H groups in total. The summed E-state index contributed by atoms with van der Waals surface area (Å²) in [5, 5.41) is 3.19. The third-order valence-electron chi connectivity index (χ3n) is 3.43. The molecule has 2 unspecified atom stereocenters. The average molecular weight is 333 g/mol. The highest BCUT2D eigenvalue weighted by Crippen LogP contribution is 2.17. The Balaban J connectivity index is 2.40. The summed E-state index contributed by atoms with van der Waals surface area (Å²) in [5.74, 6) is 1.85. The second-order valence-electron chi connectivity index (χ2n) is 5.51. The molecule has 2 rings (SSSR count). The third-order valence-corrected chi connectivity index (χ3v) is 4.92. The minimum absolute atomic E-state index is 0.115. The van der Waals surface area contributed by atoms with E-state index < -0.39 is 10.8 Å². The van der Waals surface area contributed by atoms with Crippen LogP contribution in [0.2, 0.25) is 0 Å². The molecule has 6 nitrogen and oxygen atoms in total. The zero-order valence-corrected chi connectivity index (χ0v) is 14.7. The van der Waals surface area contributed by atoms with E-state index in [0.717, 1.165) is 5.84 Å². The lowest BCUT2D eigenvalue weighted by Crippen LogP contribution is -2.43. The third kappa shape index (κ3) is 4.19. The Labute approximate surface area is 139 Å². The van der Waals surface area contributed by atoms with Crippen LogP contribution in [0, 0.1) is 0 Å². The Morgan fingerprint density at radius 2 is 1.96 bits per heavy atom. The number of nitrogens with one attached hydrogen (secondary N) is 1. The van der Waals surface area contributed by atoms with Gasteiger partial charge in [-0.2, -0.15) is 0 Å². The van der Waals surface area contributed by atoms with E-state index in [4.69, 9.17) is 5.73 Å². The van der Waals surface area contributed by atoms with Gasteiger partial charge in [-0.3, -0.25) is 4.99 Å². The molecule has 2 atom stereocenters. The highest BCUT2D eigenvalue weighted by molar-refractivity contribution is 7.89. The summed E-state index contributed by atoms with van der Waals surface area (Å²) in [7, 11) is 2.49. The second-order valence-corrected chi connectivity index (χ2v) is 7.01. The summed E-state index contributed by atoms with van der Waals surface area (Å²) < 4.78 is 12.8. The predicted molar refractivity (Wildman–Crippen MR) is 95.8 cm³/mol. The van der Waals surface area contributed by atoms with Gasteiger partial charge in [0.05, 0.1) is 28.3 Å². The number of hydrogen-bond donors (Lipinski definition) is 2. The van der Waals surface area contributed by atoms with Crippen LogP contribution in [-0.2, 0) is 10.8 Å². The quantitative estimate of drug-likeness (QED) is 0.854. The van der Waals surface area contributed by atoms with Gasteiger partial charge in [0.2, 0.25) is 0 Å². The van der Waals surface area contributed by atoms with Gasteiger partial charge in [-0.05, 0) is 26.0 Å². The maximum atomic E-state index is 12.8. The van der Waals surface area contributed by atoms with Crippen molar-refractivity contribution < 1.29 is 4.21 Å². The van der Waals surface area contributed by atoms with Crippen molar-refractivity contribution in [2.45, 2.75) is 24.8 Å². The van der Waals surface area contributed by atoms with E-state index in [0.29, 0.717) is 21.5 Å². The molecular weight excluding hydrogens is 310 g/mol. The fourth-order valence-electron chi connectivity index (χ4n) is 2.28. The summed E-state index contributed by atoms with van der Waals surface area (Å²) >= 11 is 0. The molecule has 0 saturated heterocycles. The summed E-state index contributed by atoms with van der Waals surface area (Å²) in [5.41, 5.74) is 6.19. The van der Waals surface area contributed by atoms with Gasteiger partial charge in [-0.15, -0.1) is 0 Å².